The summed E-state index contributed by atoms with van der Waals surface area (Å²) in [5.41, 5.74) is 8.50. The fourth-order valence-corrected chi connectivity index (χ4v) is 6.12. The summed E-state index contributed by atoms with van der Waals surface area (Å²) in [5, 5.41) is 11.0. The van der Waals surface area contributed by atoms with Gasteiger partial charge in [-0.3, -0.25) is 4.72 Å². The molecule has 5 rings (SSSR count). The summed E-state index contributed by atoms with van der Waals surface area (Å²) in [4.78, 5) is 17.3. The zero-order valence-electron chi connectivity index (χ0n) is 23.1. The van der Waals surface area contributed by atoms with Crippen molar-refractivity contribution in [2.45, 2.75) is 49.2 Å². The first-order valence-electron chi connectivity index (χ1n) is 13.8. The van der Waals surface area contributed by atoms with Gasteiger partial charge in [0.25, 0.3) is 10.0 Å². The first kappa shape index (κ1) is 28.9. The van der Waals surface area contributed by atoms with Gasteiger partial charge in [-0.05, 0) is 66.6 Å². The van der Waals surface area contributed by atoms with Gasteiger partial charge in [0.1, 0.15) is 11.4 Å². The van der Waals surface area contributed by atoms with Gasteiger partial charge in [-0.25, -0.2) is 9.78 Å². The number of esters is 1. The Morgan fingerprint density at radius 2 is 1.48 bits per heavy atom. The molecule has 0 bridgehead atoms. The molecule has 1 aliphatic heterocycles. The highest BCUT2D eigenvalue weighted by molar-refractivity contribution is 7.92. The van der Waals surface area contributed by atoms with Crippen LogP contribution in [0, 0.1) is 0 Å². The van der Waals surface area contributed by atoms with Crippen molar-refractivity contribution in [2.24, 2.45) is 0 Å². The molecule has 1 aromatic heterocycles. The molecule has 42 heavy (non-hydrogen) atoms. The highest BCUT2D eigenvalue weighted by atomic mass is 32.2. The van der Waals surface area contributed by atoms with Crippen LogP contribution in [0.4, 0.5) is 11.4 Å². The maximum Gasteiger partial charge on any atom is 0.338 e. The number of aromatic nitrogens is 1. The van der Waals surface area contributed by atoms with Crippen LogP contribution in [0.15, 0.2) is 120 Å². The molecule has 0 aliphatic carbocycles. The van der Waals surface area contributed by atoms with Crippen molar-refractivity contribution in [2.75, 3.05) is 10.5 Å². The number of carbonyl (C=O) groups excluding carboxylic acids is 1. The van der Waals surface area contributed by atoms with Crippen molar-refractivity contribution in [1.29, 1.82) is 0 Å². The van der Waals surface area contributed by atoms with E-state index < -0.39 is 21.6 Å². The number of sulfonamides is 1. The molecule has 0 saturated carbocycles. The molecule has 0 fully saturated rings. The largest absolute Gasteiger partial charge is 0.512 e. The standard InChI is InChI=1S/C33H33N3O5S/c34-27-14-15-31(35-23-27)42(39,40)36-28-13-7-12-26(20-28)21-29-30(37)22-33(41-32(29)38,18-16-24-8-3-1-4-9-24)19-17-25-10-5-2-6-11-25/h1-15,20,23,36-37H,16-19,21-22,34H2. The van der Waals surface area contributed by atoms with Crippen molar-refractivity contribution in [1.82, 2.24) is 4.98 Å². The van der Waals surface area contributed by atoms with E-state index in [0.717, 1.165) is 11.1 Å². The topological polar surface area (TPSA) is 132 Å². The smallest absolute Gasteiger partial charge is 0.338 e. The number of pyridine rings is 1. The van der Waals surface area contributed by atoms with Crippen LogP contribution < -0.4 is 10.5 Å². The predicted molar refractivity (Wildman–Crippen MR) is 162 cm³/mol. The highest BCUT2D eigenvalue weighted by Gasteiger charge is 2.41. The van der Waals surface area contributed by atoms with Gasteiger partial charge in [0, 0.05) is 18.5 Å². The van der Waals surface area contributed by atoms with E-state index in [4.69, 9.17) is 10.5 Å². The Kier molecular flexibility index (Phi) is 8.59. The number of anilines is 2. The van der Waals surface area contributed by atoms with Crippen molar-refractivity contribution < 1.29 is 23.1 Å². The number of rotatable bonds is 11. The number of hydrogen-bond donors (Lipinski definition) is 3. The lowest BCUT2D eigenvalue weighted by atomic mass is 9.82. The first-order valence-corrected chi connectivity index (χ1v) is 15.3. The molecule has 8 nitrogen and oxygen atoms in total. The van der Waals surface area contributed by atoms with Crippen LogP contribution in [-0.2, 0) is 38.8 Å². The summed E-state index contributed by atoms with van der Waals surface area (Å²) < 4.78 is 34.2. The van der Waals surface area contributed by atoms with Crippen LogP contribution >= 0.6 is 0 Å². The van der Waals surface area contributed by atoms with Crippen molar-refractivity contribution in [3.05, 3.63) is 131 Å². The number of benzene rings is 3. The summed E-state index contributed by atoms with van der Waals surface area (Å²) in [7, 11) is -3.95. The van der Waals surface area contributed by atoms with E-state index >= 15 is 0 Å². The van der Waals surface area contributed by atoms with Crippen LogP contribution in [0.1, 0.15) is 36.0 Å². The summed E-state index contributed by atoms with van der Waals surface area (Å²) in [6.45, 7) is 0. The first-order chi connectivity index (χ1) is 20.2. The van der Waals surface area contributed by atoms with E-state index in [9.17, 15) is 18.3 Å². The number of nitrogens with one attached hydrogen (secondary N) is 1. The minimum Gasteiger partial charge on any atom is -0.512 e. The Hall–Kier alpha value is -4.63. The van der Waals surface area contributed by atoms with Crippen LogP contribution in [0.5, 0.6) is 0 Å². The third-order valence-electron chi connectivity index (χ3n) is 7.41. The van der Waals surface area contributed by atoms with Gasteiger partial charge >= 0.3 is 5.97 Å². The number of nitrogen functional groups attached to an aromatic ring is 1. The molecule has 0 amide bonds. The second-order valence-corrected chi connectivity index (χ2v) is 12.2. The molecule has 4 N–H and O–H groups in total. The summed E-state index contributed by atoms with van der Waals surface area (Å²) >= 11 is 0. The zero-order valence-corrected chi connectivity index (χ0v) is 23.9. The average Bonchev–Trinajstić information content (AvgIpc) is 2.98. The van der Waals surface area contributed by atoms with Gasteiger partial charge in [-0.1, -0.05) is 72.8 Å². The van der Waals surface area contributed by atoms with E-state index in [0.29, 0.717) is 42.6 Å². The third kappa shape index (κ3) is 7.16. The maximum atomic E-state index is 13.4. The van der Waals surface area contributed by atoms with Crippen LogP contribution in [0.25, 0.3) is 0 Å². The number of cyclic esters (lactones) is 1. The molecule has 1 aliphatic rings. The monoisotopic (exact) mass is 583 g/mol. The molecule has 0 saturated heterocycles. The number of aliphatic hydroxyl groups is 1. The average molecular weight is 584 g/mol. The minimum absolute atomic E-state index is 0.00410. The highest BCUT2D eigenvalue weighted by Crippen LogP contribution is 2.38. The summed E-state index contributed by atoms with van der Waals surface area (Å²) in [6.07, 6.45) is 4.13. The molecular formula is C33H33N3O5S. The van der Waals surface area contributed by atoms with Gasteiger partial charge in [0.05, 0.1) is 17.5 Å². The second kappa shape index (κ2) is 12.5. The lowest BCUT2D eigenvalue weighted by Crippen LogP contribution is -2.41. The number of hydrogen-bond acceptors (Lipinski definition) is 7. The lowest BCUT2D eigenvalue weighted by Gasteiger charge is -2.37. The Balaban J connectivity index is 1.34. The van der Waals surface area contributed by atoms with E-state index in [2.05, 4.69) is 9.71 Å². The molecule has 2 heterocycles. The van der Waals surface area contributed by atoms with Crippen molar-refractivity contribution in [3.8, 4) is 0 Å². The Morgan fingerprint density at radius 1 is 0.857 bits per heavy atom. The summed E-state index contributed by atoms with van der Waals surface area (Å²) in [6, 6.07) is 29.5. The van der Waals surface area contributed by atoms with Gasteiger partial charge in [0.2, 0.25) is 0 Å². The quantitative estimate of drug-likeness (QED) is 0.191. The second-order valence-electron chi connectivity index (χ2n) is 10.6. The number of ether oxygens (including phenoxy) is 1. The SMILES string of the molecule is Nc1ccc(S(=O)(=O)Nc2cccc(CC3=C(O)CC(CCc4ccccc4)(CCc4ccccc4)OC3=O)c2)nc1. The third-order valence-corrected chi connectivity index (χ3v) is 8.71. The van der Waals surface area contributed by atoms with Gasteiger partial charge in [-0.15, -0.1) is 0 Å². The number of carbonyl (C=O) groups is 1. The molecule has 3 aromatic carbocycles. The fraction of sp³-hybridized carbons (Fsp3) is 0.212. The molecule has 216 valence electrons. The molecule has 0 radical (unpaired) electrons. The van der Waals surface area contributed by atoms with E-state index in [1.54, 1.807) is 24.3 Å². The van der Waals surface area contributed by atoms with E-state index in [1.165, 1.54) is 18.3 Å². The normalized spacial score (nSPS) is 14.8. The van der Waals surface area contributed by atoms with Crippen LogP contribution in [0.2, 0.25) is 0 Å². The van der Waals surface area contributed by atoms with Gasteiger partial charge < -0.3 is 15.6 Å². The van der Waals surface area contributed by atoms with E-state index in [1.807, 2.05) is 60.7 Å². The van der Waals surface area contributed by atoms with Crippen molar-refractivity contribution >= 4 is 27.4 Å². The molecular weight excluding hydrogens is 550 g/mol. The number of aliphatic hydroxyl groups excluding tert-OH is 1. The Morgan fingerprint density at radius 3 is 2.05 bits per heavy atom. The van der Waals surface area contributed by atoms with Crippen LogP contribution in [0.3, 0.4) is 0 Å². The summed E-state index contributed by atoms with van der Waals surface area (Å²) in [5.74, 6) is -0.554. The molecule has 0 spiro atoms. The maximum absolute atomic E-state index is 13.4. The molecule has 0 atom stereocenters. The number of nitrogens with two attached hydrogens (primary N) is 1. The molecule has 0 unspecified atom stereocenters. The predicted octanol–water partition coefficient (Wildman–Crippen LogP) is 5.77. The lowest BCUT2D eigenvalue weighted by molar-refractivity contribution is -0.160. The molecule has 4 aromatic rings. The van der Waals surface area contributed by atoms with Gasteiger partial charge in [0.15, 0.2) is 5.03 Å². The van der Waals surface area contributed by atoms with E-state index in [-0.39, 0.29) is 29.2 Å². The number of aryl methyl sites for hydroxylation is 2. The van der Waals surface area contributed by atoms with Crippen molar-refractivity contribution in [3.63, 3.8) is 0 Å². The minimum atomic E-state index is -3.95. The number of nitrogens with zero attached hydrogens (tertiary/aromatic N) is 1. The fourth-order valence-electron chi connectivity index (χ4n) is 5.14. The Labute approximate surface area is 245 Å². The van der Waals surface area contributed by atoms with Crippen LogP contribution in [-0.4, -0.2) is 30.1 Å². The molecule has 9 heteroatoms. The Bertz CT molecular complexity index is 1630. The van der Waals surface area contributed by atoms with Gasteiger partial charge in [-0.2, -0.15) is 8.42 Å². The zero-order chi connectivity index (χ0) is 29.6.